The van der Waals surface area contributed by atoms with Crippen LogP contribution in [0.15, 0.2) is 65.9 Å². The first-order valence-electron chi connectivity index (χ1n) is 16.2. The lowest BCUT2D eigenvalue weighted by atomic mass is 9.68. The molecule has 2 N–H and O–H groups in total. The minimum absolute atomic E-state index is 0.00472. The summed E-state index contributed by atoms with van der Waals surface area (Å²) in [7, 11) is 2.21. The van der Waals surface area contributed by atoms with Crippen LogP contribution in [-0.4, -0.2) is 48.5 Å². The fourth-order valence-electron chi connectivity index (χ4n) is 6.56. The Hall–Kier alpha value is -2.70. The normalized spacial score (nSPS) is 21.2. The second-order valence-corrected chi connectivity index (χ2v) is 15.1. The molecular weight excluding hydrogens is 549 g/mol. The quantitative estimate of drug-likeness (QED) is 0.240. The molecule has 0 bridgehead atoms. The predicted octanol–water partition coefficient (Wildman–Crippen LogP) is 8.26. The summed E-state index contributed by atoms with van der Waals surface area (Å²) in [5.41, 5.74) is 7.30. The van der Waals surface area contributed by atoms with Gasteiger partial charge < -0.3 is 15.5 Å². The molecule has 1 aliphatic heterocycles. The molecule has 0 spiro atoms. The smallest absolute Gasteiger partial charge is 0.251 e. The van der Waals surface area contributed by atoms with Gasteiger partial charge in [-0.25, -0.2) is 4.98 Å². The maximum atomic E-state index is 13.4. The highest BCUT2D eigenvalue weighted by atomic mass is 32.1. The van der Waals surface area contributed by atoms with Gasteiger partial charge in [-0.15, -0.1) is 11.3 Å². The monoisotopic (exact) mass is 602 g/mol. The van der Waals surface area contributed by atoms with E-state index in [1.807, 2.05) is 5.51 Å². The number of aromatic nitrogens is 1. The number of likely N-dealkylation sites (tertiary alicyclic amines) is 1. The van der Waals surface area contributed by atoms with E-state index >= 15 is 0 Å². The van der Waals surface area contributed by atoms with E-state index in [1.165, 1.54) is 28.8 Å². The van der Waals surface area contributed by atoms with Gasteiger partial charge in [0.15, 0.2) is 0 Å². The lowest BCUT2D eigenvalue weighted by molar-refractivity contribution is -0.118. The number of carbonyl (C=O) groups is 1. The summed E-state index contributed by atoms with van der Waals surface area (Å²) in [6, 6.07) is 8.83. The molecule has 5 nitrogen and oxygen atoms in total. The third-order valence-electron chi connectivity index (χ3n) is 9.71. The third-order valence-corrected chi connectivity index (χ3v) is 10.7. The average Bonchev–Trinajstić information content (AvgIpc) is 3.41. The van der Waals surface area contributed by atoms with Crippen molar-refractivity contribution in [2.45, 2.75) is 92.0 Å². The van der Waals surface area contributed by atoms with Gasteiger partial charge in [-0.1, -0.05) is 90.1 Å². The Morgan fingerprint density at radius 1 is 1.19 bits per heavy atom. The van der Waals surface area contributed by atoms with Crippen LogP contribution in [0.2, 0.25) is 0 Å². The van der Waals surface area contributed by atoms with Crippen LogP contribution in [0.5, 0.6) is 0 Å². The first-order chi connectivity index (χ1) is 20.4. The summed E-state index contributed by atoms with van der Waals surface area (Å²) in [4.78, 5) is 21.4. The maximum absolute atomic E-state index is 13.4. The summed E-state index contributed by atoms with van der Waals surface area (Å²) in [5, 5.41) is 6.85. The number of carbonyl (C=O) groups excluding carboxylic acids is 1. The van der Waals surface area contributed by atoms with Crippen LogP contribution < -0.4 is 10.6 Å². The van der Waals surface area contributed by atoms with Crippen molar-refractivity contribution in [2.75, 3.05) is 26.7 Å². The summed E-state index contributed by atoms with van der Waals surface area (Å²) < 4.78 is 0. The van der Waals surface area contributed by atoms with Crippen LogP contribution in [0.25, 0.3) is 10.4 Å². The molecule has 1 aliphatic carbocycles. The first-order valence-corrected chi connectivity index (χ1v) is 17.1. The largest absolute Gasteiger partial charge is 0.387 e. The fourth-order valence-corrected chi connectivity index (χ4v) is 7.37. The molecule has 1 fully saturated rings. The summed E-state index contributed by atoms with van der Waals surface area (Å²) >= 11 is 1.70. The third kappa shape index (κ3) is 8.69. The van der Waals surface area contributed by atoms with Crippen molar-refractivity contribution in [1.82, 2.24) is 20.5 Å². The molecule has 1 aromatic heterocycles. The van der Waals surface area contributed by atoms with E-state index in [9.17, 15) is 4.79 Å². The van der Waals surface area contributed by atoms with Crippen molar-refractivity contribution in [1.29, 1.82) is 0 Å². The van der Waals surface area contributed by atoms with E-state index in [0.29, 0.717) is 11.8 Å². The minimum atomic E-state index is -0.156. The number of hydrogen-bond acceptors (Lipinski definition) is 5. The lowest BCUT2D eigenvalue weighted by Crippen LogP contribution is -2.48. The van der Waals surface area contributed by atoms with Crippen LogP contribution in [0, 0.1) is 23.7 Å². The van der Waals surface area contributed by atoms with Crippen molar-refractivity contribution in [2.24, 2.45) is 16.7 Å². The Kier molecular flexibility index (Phi) is 11.1. The standard InChI is InChI=1S/C37H54N4OS/c1-26(29-12-14-30(15-13-29)33-27(2)39-25-43-33)11-9-10-22-38-28(3)34(36(4,5)6)40-35(42)31-16-20-37(7,21-17-31)32-18-23-41(8)24-19-32/h12-17,20,25-26,32,34,38H,3,9-11,18-19,21-24H2,1-2,4-8H3,(H,40,42). The van der Waals surface area contributed by atoms with Crippen LogP contribution in [-0.2, 0) is 4.79 Å². The number of hydrogen-bond donors (Lipinski definition) is 2. The van der Waals surface area contributed by atoms with Crippen molar-refractivity contribution in [3.05, 3.63) is 77.1 Å². The SMILES string of the molecule is C=C(NCCCCC(C)c1ccc(-c2scnc2C)cc1)C(NC(=O)C1=CCC(C)(C2CCN(C)CC2)C=C1)C(C)(C)C. The molecule has 1 saturated heterocycles. The predicted molar refractivity (Wildman–Crippen MR) is 183 cm³/mol. The van der Waals surface area contributed by atoms with Gasteiger partial charge in [-0.05, 0) is 93.0 Å². The fraction of sp³-hybridized carbons (Fsp3) is 0.568. The highest BCUT2D eigenvalue weighted by molar-refractivity contribution is 7.13. The van der Waals surface area contributed by atoms with Crippen LogP contribution >= 0.6 is 11.3 Å². The summed E-state index contributed by atoms with van der Waals surface area (Å²) in [6.07, 6.45) is 13.2. The second kappa shape index (κ2) is 14.4. The number of rotatable bonds is 12. The Morgan fingerprint density at radius 2 is 1.88 bits per heavy atom. The number of allylic oxidation sites excluding steroid dienone is 2. The molecule has 1 amide bonds. The molecule has 234 valence electrons. The number of aryl methyl sites for hydroxylation is 1. The number of nitrogens with zero attached hydrogens (tertiary/aromatic N) is 2. The Balaban J connectivity index is 1.22. The Bertz CT molecular complexity index is 1290. The lowest BCUT2D eigenvalue weighted by Gasteiger charge is -2.41. The molecule has 2 aliphatic rings. The van der Waals surface area contributed by atoms with Crippen molar-refractivity contribution in [3.63, 3.8) is 0 Å². The zero-order valence-corrected chi connectivity index (χ0v) is 28.4. The van der Waals surface area contributed by atoms with Gasteiger partial charge in [-0.3, -0.25) is 4.79 Å². The van der Waals surface area contributed by atoms with E-state index < -0.39 is 0 Å². The summed E-state index contributed by atoms with van der Waals surface area (Å²) in [5.74, 6) is 1.18. The molecule has 4 rings (SSSR count). The number of benzene rings is 1. The number of amides is 1. The molecule has 3 atom stereocenters. The zero-order chi connectivity index (χ0) is 31.2. The highest BCUT2D eigenvalue weighted by Gasteiger charge is 2.35. The number of nitrogens with one attached hydrogen (secondary N) is 2. The maximum Gasteiger partial charge on any atom is 0.251 e. The molecule has 6 heteroatoms. The van der Waals surface area contributed by atoms with E-state index in [4.69, 9.17) is 0 Å². The first kappa shape index (κ1) is 33.2. The highest BCUT2D eigenvalue weighted by Crippen LogP contribution is 2.42. The van der Waals surface area contributed by atoms with Crippen molar-refractivity contribution >= 4 is 17.2 Å². The van der Waals surface area contributed by atoms with E-state index in [-0.39, 0.29) is 22.8 Å². The van der Waals surface area contributed by atoms with Crippen LogP contribution in [0.3, 0.4) is 0 Å². The van der Waals surface area contributed by atoms with Gasteiger partial charge in [0.05, 0.1) is 22.1 Å². The van der Waals surface area contributed by atoms with Gasteiger partial charge in [-0.2, -0.15) is 0 Å². The summed E-state index contributed by atoms with van der Waals surface area (Å²) in [6.45, 7) is 20.8. The minimum Gasteiger partial charge on any atom is -0.387 e. The zero-order valence-electron chi connectivity index (χ0n) is 27.6. The Morgan fingerprint density at radius 3 is 2.47 bits per heavy atom. The van der Waals surface area contributed by atoms with Crippen LogP contribution in [0.4, 0.5) is 0 Å². The van der Waals surface area contributed by atoms with Crippen molar-refractivity contribution in [3.8, 4) is 10.4 Å². The number of thiazole rings is 1. The number of unbranched alkanes of at least 4 members (excludes halogenated alkanes) is 1. The molecule has 0 saturated carbocycles. The van der Waals surface area contributed by atoms with Gasteiger partial charge in [0.1, 0.15) is 0 Å². The molecule has 2 aromatic rings. The topological polar surface area (TPSA) is 57.3 Å². The molecule has 1 aromatic carbocycles. The molecule has 43 heavy (non-hydrogen) atoms. The molecular formula is C37H54N4OS. The van der Waals surface area contributed by atoms with Gasteiger partial charge in [0.25, 0.3) is 5.91 Å². The van der Waals surface area contributed by atoms with Crippen molar-refractivity contribution < 1.29 is 4.79 Å². The molecule has 0 radical (unpaired) electrons. The van der Waals surface area contributed by atoms with Crippen LogP contribution in [0.1, 0.15) is 90.3 Å². The van der Waals surface area contributed by atoms with E-state index in [2.05, 4.69) is 118 Å². The Labute approximate surface area is 265 Å². The molecule has 2 heterocycles. The van der Waals surface area contributed by atoms with Gasteiger partial charge in [0.2, 0.25) is 0 Å². The average molecular weight is 603 g/mol. The second-order valence-electron chi connectivity index (χ2n) is 14.3. The van der Waals surface area contributed by atoms with E-state index in [0.717, 1.165) is 62.3 Å². The molecule has 3 unspecified atom stereocenters. The van der Waals surface area contributed by atoms with E-state index in [1.54, 1.807) is 11.3 Å². The van der Waals surface area contributed by atoms with Gasteiger partial charge >= 0.3 is 0 Å². The number of piperidine rings is 1. The van der Waals surface area contributed by atoms with Gasteiger partial charge in [0, 0.05) is 17.8 Å².